The Labute approximate surface area is 165 Å². The van der Waals surface area contributed by atoms with Gasteiger partial charge in [-0.25, -0.2) is 0 Å². The number of carbonyl (C=O) groups excluding carboxylic acids is 1. The lowest BCUT2D eigenvalue weighted by Gasteiger charge is -2.10. The van der Waals surface area contributed by atoms with Gasteiger partial charge in [0, 0.05) is 12.8 Å². The van der Waals surface area contributed by atoms with Crippen LogP contribution in [0.25, 0.3) is 0 Å². The van der Waals surface area contributed by atoms with Gasteiger partial charge in [0.1, 0.15) is 6.10 Å². The summed E-state index contributed by atoms with van der Waals surface area (Å²) in [5, 5.41) is 8.63. The molecule has 0 amide bonds. The molecule has 0 radical (unpaired) electrons. The highest BCUT2D eigenvalue weighted by Crippen LogP contribution is 2.09. The van der Waals surface area contributed by atoms with Gasteiger partial charge in [-0.3, -0.25) is 9.59 Å². The first-order valence-corrected chi connectivity index (χ1v) is 10.5. The van der Waals surface area contributed by atoms with E-state index < -0.39 is 5.97 Å². The van der Waals surface area contributed by atoms with E-state index in [1.54, 1.807) is 0 Å². The molecular formula is C23H38O4. The third-order valence-electron chi connectivity index (χ3n) is 4.09. The van der Waals surface area contributed by atoms with Crippen LogP contribution in [0.2, 0.25) is 0 Å². The summed E-state index contributed by atoms with van der Waals surface area (Å²) in [5.74, 6) is -0.880. The number of esters is 1. The van der Waals surface area contributed by atoms with E-state index in [9.17, 15) is 9.59 Å². The Hall–Kier alpha value is -1.84. The molecule has 0 spiro atoms. The maximum atomic E-state index is 12.0. The van der Waals surface area contributed by atoms with Gasteiger partial charge in [0.15, 0.2) is 0 Å². The molecule has 0 aliphatic heterocycles. The second-order valence-corrected chi connectivity index (χ2v) is 6.73. The number of ether oxygens (including phenoxy) is 1. The van der Waals surface area contributed by atoms with Crippen molar-refractivity contribution in [2.45, 2.75) is 97.0 Å². The largest absolute Gasteiger partial charge is 0.481 e. The van der Waals surface area contributed by atoms with Crippen molar-refractivity contribution in [1.82, 2.24) is 0 Å². The van der Waals surface area contributed by atoms with E-state index in [2.05, 4.69) is 26.0 Å². The number of carbonyl (C=O) groups is 2. The summed E-state index contributed by atoms with van der Waals surface area (Å²) in [6.07, 6.45) is 22.1. The quantitative estimate of drug-likeness (QED) is 0.181. The van der Waals surface area contributed by atoms with Crippen LogP contribution >= 0.6 is 0 Å². The van der Waals surface area contributed by atoms with Crippen molar-refractivity contribution in [3.05, 3.63) is 36.5 Å². The number of aliphatic carboxylic acids is 1. The highest BCUT2D eigenvalue weighted by molar-refractivity contribution is 5.69. The molecule has 4 heteroatoms. The molecule has 0 saturated heterocycles. The van der Waals surface area contributed by atoms with Crippen molar-refractivity contribution >= 4 is 11.9 Å². The second-order valence-electron chi connectivity index (χ2n) is 6.73. The van der Waals surface area contributed by atoms with Gasteiger partial charge in [0.05, 0.1) is 0 Å². The zero-order valence-electron chi connectivity index (χ0n) is 17.2. The molecule has 0 heterocycles. The van der Waals surface area contributed by atoms with Crippen LogP contribution in [-0.4, -0.2) is 23.1 Å². The molecule has 1 N–H and O–H groups in total. The van der Waals surface area contributed by atoms with Crippen LogP contribution in [0.15, 0.2) is 36.5 Å². The maximum Gasteiger partial charge on any atom is 0.306 e. The average molecular weight is 379 g/mol. The van der Waals surface area contributed by atoms with E-state index in [4.69, 9.17) is 9.84 Å². The number of allylic oxidation sites excluding steroid dienone is 4. The van der Waals surface area contributed by atoms with Gasteiger partial charge in [-0.2, -0.15) is 0 Å². The molecule has 0 aliphatic rings. The summed E-state index contributed by atoms with van der Waals surface area (Å²) in [6, 6.07) is 0. The monoisotopic (exact) mass is 378 g/mol. The maximum absolute atomic E-state index is 12.0. The Morgan fingerprint density at radius 1 is 0.852 bits per heavy atom. The van der Waals surface area contributed by atoms with Gasteiger partial charge >= 0.3 is 11.9 Å². The number of unbranched alkanes of at least 4 members (excludes halogenated alkanes) is 6. The predicted molar refractivity (Wildman–Crippen MR) is 112 cm³/mol. The van der Waals surface area contributed by atoms with Crippen molar-refractivity contribution < 1.29 is 19.4 Å². The summed E-state index contributed by atoms with van der Waals surface area (Å²) >= 11 is 0. The SMILES string of the molecule is CC/C=C\C/C=C\C(/C=C\CCCCCC(=O)O)OC(=O)CCCCCC. The van der Waals surface area contributed by atoms with E-state index in [1.807, 2.05) is 24.3 Å². The lowest BCUT2D eigenvalue weighted by molar-refractivity contribution is -0.145. The third kappa shape index (κ3) is 18.7. The lowest BCUT2D eigenvalue weighted by atomic mass is 10.1. The van der Waals surface area contributed by atoms with Gasteiger partial charge in [0.2, 0.25) is 0 Å². The van der Waals surface area contributed by atoms with Gasteiger partial charge < -0.3 is 9.84 Å². The number of rotatable bonds is 17. The van der Waals surface area contributed by atoms with Crippen LogP contribution < -0.4 is 0 Å². The van der Waals surface area contributed by atoms with E-state index in [1.165, 1.54) is 0 Å². The molecule has 1 unspecified atom stereocenters. The van der Waals surface area contributed by atoms with Crippen LogP contribution in [0.1, 0.15) is 90.9 Å². The Bertz CT molecular complexity index is 463. The van der Waals surface area contributed by atoms with E-state index in [-0.39, 0.29) is 18.5 Å². The van der Waals surface area contributed by atoms with Crippen molar-refractivity contribution in [2.75, 3.05) is 0 Å². The number of hydrogen-bond donors (Lipinski definition) is 1. The van der Waals surface area contributed by atoms with Gasteiger partial charge in [-0.1, -0.05) is 63.8 Å². The molecule has 4 nitrogen and oxygen atoms in total. The molecule has 154 valence electrons. The summed E-state index contributed by atoms with van der Waals surface area (Å²) in [6.45, 7) is 4.25. The normalized spacial score (nSPS) is 13.0. The zero-order chi connectivity index (χ0) is 20.2. The molecule has 0 rings (SSSR count). The van der Waals surface area contributed by atoms with Gasteiger partial charge in [-0.05, 0) is 50.7 Å². The minimum absolute atomic E-state index is 0.143. The smallest absolute Gasteiger partial charge is 0.306 e. The highest BCUT2D eigenvalue weighted by Gasteiger charge is 2.08. The summed E-state index contributed by atoms with van der Waals surface area (Å²) in [5.41, 5.74) is 0. The molecule has 0 aliphatic carbocycles. The average Bonchev–Trinajstić information content (AvgIpc) is 2.63. The van der Waals surface area contributed by atoms with Crippen LogP contribution in [0.4, 0.5) is 0 Å². The molecular weight excluding hydrogens is 340 g/mol. The molecule has 0 saturated carbocycles. The minimum atomic E-state index is -0.737. The lowest BCUT2D eigenvalue weighted by Crippen LogP contribution is -2.13. The summed E-state index contributed by atoms with van der Waals surface area (Å²) < 4.78 is 5.58. The van der Waals surface area contributed by atoms with E-state index in [0.717, 1.165) is 57.8 Å². The first-order chi connectivity index (χ1) is 13.1. The first kappa shape index (κ1) is 25.2. The number of carboxylic acid groups (broad SMARTS) is 1. The van der Waals surface area contributed by atoms with Gasteiger partial charge in [-0.15, -0.1) is 0 Å². The molecule has 0 aromatic carbocycles. The number of hydrogen-bond acceptors (Lipinski definition) is 3. The fourth-order valence-electron chi connectivity index (χ4n) is 2.55. The molecule has 0 aromatic rings. The molecule has 0 aromatic heterocycles. The van der Waals surface area contributed by atoms with Gasteiger partial charge in [0.25, 0.3) is 0 Å². The fourth-order valence-corrected chi connectivity index (χ4v) is 2.55. The first-order valence-electron chi connectivity index (χ1n) is 10.5. The summed E-state index contributed by atoms with van der Waals surface area (Å²) in [7, 11) is 0. The van der Waals surface area contributed by atoms with Crippen LogP contribution in [0, 0.1) is 0 Å². The standard InChI is InChI=1S/C23H38O4/c1-3-5-7-10-13-17-21(27-23(26)20-16-8-6-4-2)18-14-11-9-12-15-19-22(24)25/h5,7,13-14,17-18,21H,3-4,6,8-12,15-16,19-20H2,1-2H3,(H,24,25)/b7-5-,17-13-,18-14-. The molecule has 27 heavy (non-hydrogen) atoms. The second kappa shape index (κ2) is 18.9. The van der Waals surface area contributed by atoms with Crippen LogP contribution in [0.5, 0.6) is 0 Å². The minimum Gasteiger partial charge on any atom is -0.481 e. The Kier molecular flexibility index (Phi) is 17.6. The molecule has 0 fully saturated rings. The Balaban J connectivity index is 4.33. The molecule has 0 bridgehead atoms. The fraction of sp³-hybridized carbons (Fsp3) is 0.652. The topological polar surface area (TPSA) is 63.6 Å². The molecule has 1 atom stereocenters. The Morgan fingerprint density at radius 2 is 1.56 bits per heavy atom. The predicted octanol–water partition coefficient (Wildman–Crippen LogP) is 6.37. The zero-order valence-corrected chi connectivity index (χ0v) is 17.2. The van der Waals surface area contributed by atoms with Crippen molar-refractivity contribution in [3.63, 3.8) is 0 Å². The Morgan fingerprint density at radius 3 is 2.26 bits per heavy atom. The van der Waals surface area contributed by atoms with Crippen molar-refractivity contribution in [1.29, 1.82) is 0 Å². The van der Waals surface area contributed by atoms with E-state index >= 15 is 0 Å². The van der Waals surface area contributed by atoms with Crippen LogP contribution in [-0.2, 0) is 14.3 Å². The van der Waals surface area contributed by atoms with Crippen molar-refractivity contribution in [3.8, 4) is 0 Å². The van der Waals surface area contributed by atoms with Crippen LogP contribution in [0.3, 0.4) is 0 Å². The van der Waals surface area contributed by atoms with Crippen molar-refractivity contribution in [2.24, 2.45) is 0 Å². The third-order valence-corrected chi connectivity index (χ3v) is 4.09. The van der Waals surface area contributed by atoms with E-state index in [0.29, 0.717) is 12.8 Å². The number of carboxylic acids is 1. The summed E-state index contributed by atoms with van der Waals surface area (Å²) in [4.78, 5) is 22.5. The highest BCUT2D eigenvalue weighted by atomic mass is 16.5.